The molecule has 0 spiro atoms. The first-order valence-electron chi connectivity index (χ1n) is 11.7. The molecule has 2 aliphatic heterocycles. The Morgan fingerprint density at radius 3 is 2.58 bits per heavy atom. The summed E-state index contributed by atoms with van der Waals surface area (Å²) in [5, 5.41) is 0. The zero-order chi connectivity index (χ0) is 21.4. The van der Waals surface area contributed by atoms with Crippen LogP contribution in [0.2, 0.25) is 0 Å². The molecule has 0 atom stereocenters. The zero-order valence-corrected chi connectivity index (χ0v) is 19.2. The number of ether oxygens (including phenoxy) is 1. The number of hydrogen-bond acceptors (Lipinski definition) is 4. The summed E-state index contributed by atoms with van der Waals surface area (Å²) in [6.45, 7) is 5.90. The highest BCUT2D eigenvalue weighted by atomic mass is 32.2. The summed E-state index contributed by atoms with van der Waals surface area (Å²) >= 11 is 0. The van der Waals surface area contributed by atoms with Gasteiger partial charge in [-0.25, -0.2) is 13.4 Å². The average molecular weight is 444 g/mol. The molecule has 6 nitrogen and oxygen atoms in total. The van der Waals surface area contributed by atoms with Crippen molar-refractivity contribution in [3.8, 4) is 0 Å². The number of fused-ring (bicyclic) bond motifs is 1. The Labute approximate surface area is 185 Å². The lowest BCUT2D eigenvalue weighted by atomic mass is 9.96. The largest absolute Gasteiger partial charge is 0.381 e. The molecule has 5 rings (SSSR count). The van der Waals surface area contributed by atoms with E-state index < -0.39 is 10.0 Å². The fourth-order valence-electron chi connectivity index (χ4n) is 5.45. The fourth-order valence-corrected chi connectivity index (χ4v) is 6.97. The predicted octanol–water partition coefficient (Wildman–Crippen LogP) is 3.68. The van der Waals surface area contributed by atoms with E-state index in [4.69, 9.17) is 9.72 Å². The van der Waals surface area contributed by atoms with E-state index in [0.717, 1.165) is 64.7 Å². The maximum atomic E-state index is 13.2. The first-order valence-corrected chi connectivity index (χ1v) is 13.2. The van der Waals surface area contributed by atoms with E-state index in [2.05, 4.69) is 11.5 Å². The summed E-state index contributed by atoms with van der Waals surface area (Å²) in [6.07, 6.45) is 9.06. The molecule has 3 aliphatic rings. The van der Waals surface area contributed by atoms with Crippen molar-refractivity contribution in [2.75, 3.05) is 26.3 Å². The minimum absolute atomic E-state index is 0.471. The summed E-state index contributed by atoms with van der Waals surface area (Å²) in [4.78, 5) is 5.20. The lowest BCUT2D eigenvalue weighted by molar-refractivity contribution is 0.0824. The highest BCUT2D eigenvalue weighted by molar-refractivity contribution is 7.89. The third kappa shape index (κ3) is 4.20. The zero-order valence-electron chi connectivity index (χ0n) is 18.4. The van der Waals surface area contributed by atoms with Gasteiger partial charge in [0.2, 0.25) is 10.0 Å². The number of sulfonamides is 1. The Balaban J connectivity index is 1.24. The van der Waals surface area contributed by atoms with Gasteiger partial charge in [0, 0.05) is 50.7 Å². The molecular weight excluding hydrogens is 410 g/mol. The monoisotopic (exact) mass is 443 g/mol. The van der Waals surface area contributed by atoms with Gasteiger partial charge in [-0.3, -0.25) is 0 Å². The highest BCUT2D eigenvalue weighted by Crippen LogP contribution is 2.31. The first-order chi connectivity index (χ1) is 15.0. The number of rotatable bonds is 5. The van der Waals surface area contributed by atoms with Crippen LogP contribution in [0.5, 0.6) is 0 Å². The van der Waals surface area contributed by atoms with E-state index in [1.807, 2.05) is 18.3 Å². The Bertz CT molecular complexity index is 1030. The summed E-state index contributed by atoms with van der Waals surface area (Å²) in [6, 6.07) is 5.74. The number of piperidine rings is 1. The van der Waals surface area contributed by atoms with Crippen LogP contribution in [0.1, 0.15) is 60.7 Å². The molecule has 0 unspecified atom stereocenters. The molecule has 2 saturated heterocycles. The normalized spacial score (nSPS) is 21.5. The van der Waals surface area contributed by atoms with Crippen molar-refractivity contribution in [2.24, 2.45) is 5.92 Å². The number of nitrogens with zero attached hydrogens (tertiary/aromatic N) is 3. The van der Waals surface area contributed by atoms with Crippen LogP contribution in [0.25, 0.3) is 0 Å². The van der Waals surface area contributed by atoms with E-state index >= 15 is 0 Å². The second kappa shape index (κ2) is 8.68. The molecular formula is C24H33N3O3S. The van der Waals surface area contributed by atoms with Gasteiger partial charge in [-0.2, -0.15) is 4.31 Å². The van der Waals surface area contributed by atoms with Gasteiger partial charge in [-0.05, 0) is 81.0 Å². The average Bonchev–Trinajstić information content (AvgIpc) is 3.41. The Hall–Kier alpha value is -1.70. The van der Waals surface area contributed by atoms with E-state index in [9.17, 15) is 8.42 Å². The van der Waals surface area contributed by atoms with Gasteiger partial charge < -0.3 is 9.30 Å². The van der Waals surface area contributed by atoms with Gasteiger partial charge in [-0.1, -0.05) is 6.07 Å². The maximum Gasteiger partial charge on any atom is 0.243 e. The minimum Gasteiger partial charge on any atom is -0.381 e. The third-order valence-electron chi connectivity index (χ3n) is 7.39. The van der Waals surface area contributed by atoms with Crippen LogP contribution in [0.3, 0.4) is 0 Å². The highest BCUT2D eigenvalue weighted by Gasteiger charge is 2.31. The van der Waals surface area contributed by atoms with Crippen LogP contribution in [0.15, 0.2) is 29.3 Å². The summed E-state index contributed by atoms with van der Waals surface area (Å²) in [5.74, 6) is 2.15. The Kier molecular flexibility index (Phi) is 5.92. The van der Waals surface area contributed by atoms with Gasteiger partial charge in [0.05, 0.1) is 4.90 Å². The summed E-state index contributed by atoms with van der Waals surface area (Å²) in [7, 11) is -3.40. The van der Waals surface area contributed by atoms with E-state index in [-0.39, 0.29) is 0 Å². The summed E-state index contributed by atoms with van der Waals surface area (Å²) < 4.78 is 36.0. The molecule has 1 aliphatic carbocycles. The number of aryl methyl sites for hydroxylation is 3. The number of hydrogen-bond donors (Lipinski definition) is 0. The third-order valence-corrected chi connectivity index (χ3v) is 9.29. The lowest BCUT2D eigenvalue weighted by Gasteiger charge is -2.32. The van der Waals surface area contributed by atoms with Gasteiger partial charge >= 0.3 is 0 Å². The summed E-state index contributed by atoms with van der Waals surface area (Å²) in [5.41, 5.74) is 3.73. The van der Waals surface area contributed by atoms with Crippen LogP contribution in [0, 0.1) is 12.8 Å². The molecule has 0 bridgehead atoms. The van der Waals surface area contributed by atoms with Crippen molar-refractivity contribution in [3.05, 3.63) is 47.0 Å². The minimum atomic E-state index is -3.40. The van der Waals surface area contributed by atoms with Crippen molar-refractivity contribution >= 4 is 10.0 Å². The van der Waals surface area contributed by atoms with Crippen molar-refractivity contribution < 1.29 is 13.2 Å². The molecule has 31 heavy (non-hydrogen) atoms. The first kappa shape index (κ1) is 21.2. The van der Waals surface area contributed by atoms with Gasteiger partial charge in [0.15, 0.2) is 0 Å². The SMILES string of the molecule is Cc1cnc(C2CCOCC2)n1CC1CCN(S(=O)(=O)c2ccc3c(c2)CCC3)CC1. The van der Waals surface area contributed by atoms with Crippen molar-refractivity contribution in [2.45, 2.75) is 69.2 Å². The van der Waals surface area contributed by atoms with Crippen LogP contribution in [-0.2, 0) is 34.1 Å². The molecule has 3 heterocycles. The lowest BCUT2D eigenvalue weighted by Crippen LogP contribution is -2.39. The molecule has 0 N–H and O–H groups in total. The maximum absolute atomic E-state index is 13.2. The second-order valence-corrected chi connectivity index (χ2v) is 11.3. The van der Waals surface area contributed by atoms with Crippen molar-refractivity contribution in [3.63, 3.8) is 0 Å². The predicted molar refractivity (Wildman–Crippen MR) is 120 cm³/mol. The molecule has 2 fully saturated rings. The van der Waals surface area contributed by atoms with Crippen LogP contribution in [-0.4, -0.2) is 48.6 Å². The van der Waals surface area contributed by atoms with Crippen LogP contribution in [0.4, 0.5) is 0 Å². The molecule has 168 valence electrons. The second-order valence-electron chi connectivity index (χ2n) is 9.39. The quantitative estimate of drug-likeness (QED) is 0.707. The van der Waals surface area contributed by atoms with Gasteiger partial charge in [0.1, 0.15) is 5.82 Å². The van der Waals surface area contributed by atoms with E-state index in [1.165, 1.54) is 22.6 Å². The van der Waals surface area contributed by atoms with Crippen molar-refractivity contribution in [1.82, 2.24) is 13.9 Å². The number of aromatic nitrogens is 2. The van der Waals surface area contributed by atoms with Crippen LogP contribution >= 0.6 is 0 Å². The van der Waals surface area contributed by atoms with E-state index in [0.29, 0.717) is 29.8 Å². The van der Waals surface area contributed by atoms with E-state index in [1.54, 1.807) is 10.4 Å². The smallest absolute Gasteiger partial charge is 0.243 e. The molecule has 2 aromatic rings. The van der Waals surface area contributed by atoms with Gasteiger partial charge in [-0.15, -0.1) is 0 Å². The molecule has 7 heteroatoms. The Morgan fingerprint density at radius 1 is 1.06 bits per heavy atom. The van der Waals surface area contributed by atoms with Gasteiger partial charge in [0.25, 0.3) is 0 Å². The molecule has 0 radical (unpaired) electrons. The molecule has 0 amide bonds. The molecule has 0 saturated carbocycles. The van der Waals surface area contributed by atoms with Crippen LogP contribution < -0.4 is 0 Å². The Morgan fingerprint density at radius 2 is 1.81 bits per heavy atom. The number of imidazole rings is 1. The number of benzene rings is 1. The molecule has 1 aromatic carbocycles. The topological polar surface area (TPSA) is 64.4 Å². The standard InChI is InChI=1S/C24H33N3O3S/c1-18-16-25-24(21-9-13-30-14-10-21)27(18)17-19-7-11-26(12-8-19)31(28,29)23-6-5-20-3-2-4-22(20)15-23/h5-6,15-16,19,21H,2-4,7-14,17H2,1H3. The molecule has 1 aromatic heterocycles. The van der Waals surface area contributed by atoms with Crippen molar-refractivity contribution in [1.29, 1.82) is 0 Å². The fraction of sp³-hybridized carbons (Fsp3) is 0.625.